The monoisotopic (exact) mass is 234 g/mol. The maximum Gasteiger partial charge on any atom is 0.333 e. The van der Waals surface area contributed by atoms with Crippen molar-refractivity contribution in [2.75, 3.05) is 7.11 Å². The zero-order chi connectivity index (χ0) is 12.8. The standard InChI is InChI=1S/C14H18O3/c1-5-11(3)14(15)17-9-12-7-6-10(2)8-13(12)16-4/h6-8H,3,5,9H2,1-2,4H3. The highest BCUT2D eigenvalue weighted by molar-refractivity contribution is 5.87. The van der Waals surface area contributed by atoms with E-state index in [9.17, 15) is 4.79 Å². The lowest BCUT2D eigenvalue weighted by atomic mass is 10.1. The summed E-state index contributed by atoms with van der Waals surface area (Å²) < 4.78 is 10.4. The maximum atomic E-state index is 11.5. The molecule has 92 valence electrons. The molecule has 0 unspecified atom stereocenters. The van der Waals surface area contributed by atoms with Gasteiger partial charge in [-0.15, -0.1) is 0 Å². The summed E-state index contributed by atoms with van der Waals surface area (Å²) in [6.45, 7) is 7.70. The lowest BCUT2D eigenvalue weighted by Crippen LogP contribution is -2.07. The molecule has 0 aliphatic heterocycles. The molecule has 0 amide bonds. The molecule has 0 N–H and O–H groups in total. The largest absolute Gasteiger partial charge is 0.496 e. The minimum atomic E-state index is -0.352. The lowest BCUT2D eigenvalue weighted by Gasteiger charge is -2.10. The molecule has 0 aromatic heterocycles. The van der Waals surface area contributed by atoms with Gasteiger partial charge in [0.25, 0.3) is 0 Å². The fraction of sp³-hybridized carbons (Fsp3) is 0.357. The molecule has 1 aromatic rings. The summed E-state index contributed by atoms with van der Waals surface area (Å²) in [7, 11) is 1.60. The van der Waals surface area contributed by atoms with E-state index in [4.69, 9.17) is 9.47 Å². The normalized spacial score (nSPS) is 9.82. The van der Waals surface area contributed by atoms with E-state index in [-0.39, 0.29) is 12.6 Å². The molecule has 1 aromatic carbocycles. The number of hydrogen-bond donors (Lipinski definition) is 0. The van der Waals surface area contributed by atoms with Gasteiger partial charge in [0.2, 0.25) is 0 Å². The Hall–Kier alpha value is -1.77. The number of carbonyl (C=O) groups is 1. The highest BCUT2D eigenvalue weighted by Gasteiger charge is 2.09. The smallest absolute Gasteiger partial charge is 0.333 e. The molecule has 1 rings (SSSR count). The molecule has 0 saturated carbocycles. The van der Waals surface area contributed by atoms with E-state index in [0.29, 0.717) is 12.0 Å². The molecular weight excluding hydrogens is 216 g/mol. The number of benzene rings is 1. The Morgan fingerprint density at radius 3 is 2.71 bits per heavy atom. The van der Waals surface area contributed by atoms with Crippen LogP contribution < -0.4 is 4.74 Å². The van der Waals surface area contributed by atoms with Crippen molar-refractivity contribution >= 4 is 5.97 Å². The fourth-order valence-corrected chi connectivity index (χ4v) is 1.36. The first-order valence-electron chi connectivity index (χ1n) is 5.57. The fourth-order valence-electron chi connectivity index (χ4n) is 1.36. The second kappa shape index (κ2) is 6.09. The Bertz CT molecular complexity index is 421. The van der Waals surface area contributed by atoms with E-state index >= 15 is 0 Å². The minimum absolute atomic E-state index is 0.210. The third-order valence-corrected chi connectivity index (χ3v) is 2.52. The summed E-state index contributed by atoms with van der Waals surface area (Å²) >= 11 is 0. The van der Waals surface area contributed by atoms with Gasteiger partial charge in [0.15, 0.2) is 0 Å². The topological polar surface area (TPSA) is 35.5 Å². The Balaban J connectivity index is 2.69. The molecule has 0 aliphatic carbocycles. The van der Waals surface area contributed by atoms with Crippen molar-refractivity contribution in [1.82, 2.24) is 0 Å². The quantitative estimate of drug-likeness (QED) is 0.580. The van der Waals surface area contributed by atoms with Gasteiger partial charge in [-0.3, -0.25) is 0 Å². The van der Waals surface area contributed by atoms with E-state index in [1.807, 2.05) is 32.0 Å². The summed E-state index contributed by atoms with van der Waals surface area (Å²) in [6.07, 6.45) is 0.601. The van der Waals surface area contributed by atoms with Crippen molar-refractivity contribution in [1.29, 1.82) is 0 Å². The molecule has 3 heteroatoms. The number of ether oxygens (including phenoxy) is 2. The molecule has 3 nitrogen and oxygen atoms in total. The van der Waals surface area contributed by atoms with Gasteiger partial charge in [0.1, 0.15) is 12.4 Å². The first kappa shape index (κ1) is 13.3. The van der Waals surface area contributed by atoms with Gasteiger partial charge in [-0.2, -0.15) is 0 Å². The van der Waals surface area contributed by atoms with Crippen molar-refractivity contribution in [2.45, 2.75) is 26.9 Å². The molecule has 0 radical (unpaired) electrons. The second-order valence-corrected chi connectivity index (χ2v) is 3.85. The Labute approximate surface area is 102 Å². The minimum Gasteiger partial charge on any atom is -0.496 e. The van der Waals surface area contributed by atoms with Crippen LogP contribution in [0.3, 0.4) is 0 Å². The van der Waals surface area contributed by atoms with E-state index in [1.54, 1.807) is 7.11 Å². The summed E-state index contributed by atoms with van der Waals surface area (Å²) in [5.41, 5.74) is 2.45. The highest BCUT2D eigenvalue weighted by atomic mass is 16.5. The highest BCUT2D eigenvalue weighted by Crippen LogP contribution is 2.21. The number of rotatable bonds is 5. The van der Waals surface area contributed by atoms with Crippen LogP contribution in [0.25, 0.3) is 0 Å². The molecule has 17 heavy (non-hydrogen) atoms. The predicted molar refractivity (Wildman–Crippen MR) is 67.0 cm³/mol. The van der Waals surface area contributed by atoms with Crippen LogP contribution in [-0.4, -0.2) is 13.1 Å². The molecular formula is C14H18O3. The van der Waals surface area contributed by atoms with Crippen LogP contribution in [-0.2, 0) is 16.1 Å². The Kier molecular flexibility index (Phi) is 4.76. The van der Waals surface area contributed by atoms with Crippen LogP contribution in [0, 0.1) is 6.92 Å². The number of methoxy groups -OCH3 is 1. The van der Waals surface area contributed by atoms with Gasteiger partial charge >= 0.3 is 5.97 Å². The molecule has 0 fully saturated rings. The predicted octanol–water partition coefficient (Wildman–Crippen LogP) is 3.01. The molecule has 0 aliphatic rings. The van der Waals surface area contributed by atoms with E-state index in [2.05, 4.69) is 6.58 Å². The van der Waals surface area contributed by atoms with E-state index < -0.39 is 0 Å². The van der Waals surface area contributed by atoms with Crippen molar-refractivity contribution in [3.63, 3.8) is 0 Å². The van der Waals surface area contributed by atoms with Crippen LogP contribution in [0.5, 0.6) is 5.75 Å². The molecule has 0 saturated heterocycles. The zero-order valence-corrected chi connectivity index (χ0v) is 10.6. The molecule has 0 spiro atoms. The van der Waals surface area contributed by atoms with Gasteiger partial charge in [-0.25, -0.2) is 4.79 Å². The Morgan fingerprint density at radius 2 is 2.12 bits per heavy atom. The summed E-state index contributed by atoms with van der Waals surface area (Å²) in [4.78, 5) is 11.5. The van der Waals surface area contributed by atoms with Gasteiger partial charge in [0, 0.05) is 11.1 Å². The van der Waals surface area contributed by atoms with E-state index in [0.717, 1.165) is 16.9 Å². The third-order valence-electron chi connectivity index (χ3n) is 2.52. The van der Waals surface area contributed by atoms with Crippen LogP contribution in [0.15, 0.2) is 30.4 Å². The second-order valence-electron chi connectivity index (χ2n) is 3.85. The number of carbonyl (C=O) groups excluding carboxylic acids is 1. The maximum absolute atomic E-state index is 11.5. The van der Waals surface area contributed by atoms with Crippen molar-refractivity contribution in [3.8, 4) is 5.75 Å². The summed E-state index contributed by atoms with van der Waals surface area (Å²) in [5.74, 6) is 0.384. The first-order chi connectivity index (χ1) is 8.08. The van der Waals surface area contributed by atoms with Crippen molar-refractivity contribution < 1.29 is 14.3 Å². The summed E-state index contributed by atoms with van der Waals surface area (Å²) in [6, 6.07) is 5.77. The number of aryl methyl sites for hydroxylation is 1. The SMILES string of the molecule is C=C(CC)C(=O)OCc1ccc(C)cc1OC. The third kappa shape index (κ3) is 3.63. The van der Waals surface area contributed by atoms with E-state index in [1.165, 1.54) is 0 Å². The molecule has 0 bridgehead atoms. The number of hydrogen-bond acceptors (Lipinski definition) is 3. The summed E-state index contributed by atoms with van der Waals surface area (Å²) in [5, 5.41) is 0. The van der Waals surface area contributed by atoms with Gasteiger partial charge in [-0.1, -0.05) is 25.6 Å². The van der Waals surface area contributed by atoms with Gasteiger partial charge < -0.3 is 9.47 Å². The van der Waals surface area contributed by atoms with Crippen LogP contribution >= 0.6 is 0 Å². The van der Waals surface area contributed by atoms with Crippen LogP contribution in [0.1, 0.15) is 24.5 Å². The number of esters is 1. The first-order valence-corrected chi connectivity index (χ1v) is 5.57. The average Bonchev–Trinajstić information content (AvgIpc) is 2.35. The van der Waals surface area contributed by atoms with Crippen molar-refractivity contribution in [2.24, 2.45) is 0 Å². The molecule has 0 heterocycles. The van der Waals surface area contributed by atoms with Crippen molar-refractivity contribution in [3.05, 3.63) is 41.5 Å². The molecule has 0 atom stereocenters. The van der Waals surface area contributed by atoms with Gasteiger partial charge in [0.05, 0.1) is 7.11 Å². The van der Waals surface area contributed by atoms with Crippen LogP contribution in [0.4, 0.5) is 0 Å². The lowest BCUT2D eigenvalue weighted by molar-refractivity contribution is -0.140. The Morgan fingerprint density at radius 1 is 1.41 bits per heavy atom. The zero-order valence-electron chi connectivity index (χ0n) is 10.6. The van der Waals surface area contributed by atoms with Gasteiger partial charge in [-0.05, 0) is 25.0 Å². The van der Waals surface area contributed by atoms with Crippen LogP contribution in [0.2, 0.25) is 0 Å². The average molecular weight is 234 g/mol.